The van der Waals surface area contributed by atoms with Crippen LogP contribution < -0.4 is 16.0 Å². The zero-order valence-electron chi connectivity index (χ0n) is 18.1. The molecule has 1 saturated heterocycles. The number of guanidine groups is 1. The van der Waals surface area contributed by atoms with Gasteiger partial charge < -0.3 is 20.7 Å². The van der Waals surface area contributed by atoms with Crippen LogP contribution in [-0.4, -0.2) is 75.8 Å². The SMILES string of the molecule is CCC(CC)C(CNC(=NC)NCCCNC(=O)c1cccs1)N1CCOCC1. The van der Waals surface area contributed by atoms with Gasteiger partial charge >= 0.3 is 0 Å². The van der Waals surface area contributed by atoms with Crippen LogP contribution in [0.4, 0.5) is 0 Å². The van der Waals surface area contributed by atoms with Gasteiger partial charge in [-0.1, -0.05) is 32.8 Å². The van der Waals surface area contributed by atoms with E-state index in [9.17, 15) is 4.79 Å². The number of rotatable bonds is 11. The van der Waals surface area contributed by atoms with Crippen LogP contribution >= 0.6 is 11.3 Å². The summed E-state index contributed by atoms with van der Waals surface area (Å²) in [6.07, 6.45) is 3.20. The molecule has 1 aromatic heterocycles. The van der Waals surface area contributed by atoms with Gasteiger partial charge in [0.05, 0.1) is 18.1 Å². The minimum atomic E-state index is 0.000957. The van der Waals surface area contributed by atoms with Crippen LogP contribution in [0.5, 0.6) is 0 Å². The van der Waals surface area contributed by atoms with Gasteiger partial charge in [0.2, 0.25) is 0 Å². The summed E-state index contributed by atoms with van der Waals surface area (Å²) in [4.78, 5) is 19.6. The number of hydrogen-bond acceptors (Lipinski definition) is 5. The topological polar surface area (TPSA) is 78.0 Å². The summed E-state index contributed by atoms with van der Waals surface area (Å²) >= 11 is 1.46. The summed E-state index contributed by atoms with van der Waals surface area (Å²) < 4.78 is 5.53. The van der Waals surface area contributed by atoms with E-state index in [4.69, 9.17) is 4.74 Å². The van der Waals surface area contributed by atoms with Crippen molar-refractivity contribution in [2.24, 2.45) is 10.9 Å². The highest BCUT2D eigenvalue weighted by atomic mass is 32.1. The van der Waals surface area contributed by atoms with Crippen molar-refractivity contribution in [3.8, 4) is 0 Å². The molecule has 8 heteroatoms. The van der Waals surface area contributed by atoms with Crippen molar-refractivity contribution >= 4 is 23.2 Å². The highest BCUT2D eigenvalue weighted by Crippen LogP contribution is 2.19. The molecule has 0 aromatic carbocycles. The highest BCUT2D eigenvalue weighted by molar-refractivity contribution is 7.12. The van der Waals surface area contributed by atoms with E-state index in [1.807, 2.05) is 17.5 Å². The van der Waals surface area contributed by atoms with E-state index in [1.165, 1.54) is 24.2 Å². The van der Waals surface area contributed by atoms with Gasteiger partial charge in [-0.25, -0.2) is 0 Å². The Bertz CT molecular complexity index is 598. The lowest BCUT2D eigenvalue weighted by Crippen LogP contribution is -2.53. The summed E-state index contributed by atoms with van der Waals surface area (Å²) in [7, 11) is 1.80. The Morgan fingerprint density at radius 2 is 1.93 bits per heavy atom. The van der Waals surface area contributed by atoms with Gasteiger partial charge in [0, 0.05) is 45.8 Å². The smallest absolute Gasteiger partial charge is 0.261 e. The van der Waals surface area contributed by atoms with Crippen molar-refractivity contribution in [2.45, 2.75) is 39.2 Å². The first-order valence-electron chi connectivity index (χ1n) is 10.8. The van der Waals surface area contributed by atoms with E-state index in [2.05, 4.69) is 39.7 Å². The average Bonchev–Trinajstić information content (AvgIpc) is 3.30. The molecular weight excluding hydrogens is 386 g/mol. The van der Waals surface area contributed by atoms with Gasteiger partial charge in [-0.15, -0.1) is 11.3 Å². The zero-order chi connectivity index (χ0) is 20.9. The first-order valence-corrected chi connectivity index (χ1v) is 11.7. The highest BCUT2D eigenvalue weighted by Gasteiger charge is 2.26. The maximum atomic E-state index is 11.9. The second-order valence-corrected chi connectivity index (χ2v) is 8.21. The Balaban J connectivity index is 1.72. The first kappa shape index (κ1) is 23.6. The number of nitrogens with zero attached hydrogens (tertiary/aromatic N) is 2. The van der Waals surface area contributed by atoms with Crippen LogP contribution in [0.2, 0.25) is 0 Å². The third kappa shape index (κ3) is 7.95. The third-order valence-electron chi connectivity index (χ3n) is 5.49. The van der Waals surface area contributed by atoms with Gasteiger partial charge in [-0.2, -0.15) is 0 Å². The van der Waals surface area contributed by atoms with Gasteiger partial charge in [-0.05, 0) is 23.8 Å². The molecule has 1 unspecified atom stereocenters. The number of hydrogen-bond donors (Lipinski definition) is 3. The Kier molecular flexibility index (Phi) is 11.1. The van der Waals surface area contributed by atoms with E-state index in [1.54, 1.807) is 7.05 Å². The van der Waals surface area contributed by atoms with Gasteiger partial charge in [0.15, 0.2) is 5.96 Å². The standard InChI is InChI=1S/C21H37N5O2S/c1-4-17(5-2)18(26-11-13-28-14-12-26)16-25-21(22-3)24-10-7-9-23-20(27)19-8-6-15-29-19/h6,8,15,17-18H,4-5,7,9-14,16H2,1-3H3,(H,23,27)(H2,22,24,25). The zero-order valence-corrected chi connectivity index (χ0v) is 18.9. The molecular formula is C21H37N5O2S. The summed E-state index contributed by atoms with van der Waals surface area (Å²) in [6.45, 7) is 10.5. The molecule has 0 radical (unpaired) electrons. The number of morpholine rings is 1. The van der Waals surface area contributed by atoms with Gasteiger partial charge in [0.25, 0.3) is 5.91 Å². The minimum Gasteiger partial charge on any atom is -0.379 e. The number of amides is 1. The molecule has 1 aliphatic heterocycles. The fourth-order valence-electron chi connectivity index (χ4n) is 3.75. The Morgan fingerprint density at radius 3 is 2.55 bits per heavy atom. The molecule has 164 valence electrons. The molecule has 0 bridgehead atoms. The van der Waals surface area contributed by atoms with E-state index >= 15 is 0 Å². The summed E-state index contributed by atoms with van der Waals surface area (Å²) in [5.41, 5.74) is 0. The van der Waals surface area contributed by atoms with Crippen LogP contribution in [0, 0.1) is 5.92 Å². The van der Waals surface area contributed by atoms with E-state index in [0.717, 1.165) is 56.7 Å². The second-order valence-electron chi connectivity index (χ2n) is 7.26. The molecule has 1 atom stereocenters. The third-order valence-corrected chi connectivity index (χ3v) is 6.36. The summed E-state index contributed by atoms with van der Waals surface area (Å²) in [5, 5.41) is 11.7. The molecule has 1 fully saturated rings. The fraction of sp³-hybridized carbons (Fsp3) is 0.714. The molecule has 3 N–H and O–H groups in total. The van der Waals surface area contributed by atoms with E-state index in [-0.39, 0.29) is 5.91 Å². The van der Waals surface area contributed by atoms with Gasteiger partial charge in [0.1, 0.15) is 0 Å². The predicted molar refractivity (Wildman–Crippen MR) is 121 cm³/mol. The lowest BCUT2D eigenvalue weighted by atomic mass is 9.92. The number of nitrogens with one attached hydrogen (secondary N) is 3. The number of aliphatic imine (C=N–C) groups is 1. The lowest BCUT2D eigenvalue weighted by molar-refractivity contribution is 0.00272. The van der Waals surface area contributed by atoms with Crippen molar-refractivity contribution < 1.29 is 9.53 Å². The molecule has 1 aliphatic rings. The summed E-state index contributed by atoms with van der Waals surface area (Å²) in [5.74, 6) is 1.48. The molecule has 1 aromatic rings. The quantitative estimate of drug-likeness (QED) is 0.289. The van der Waals surface area contributed by atoms with Crippen molar-refractivity contribution in [3.63, 3.8) is 0 Å². The van der Waals surface area contributed by atoms with Crippen LogP contribution in [-0.2, 0) is 4.74 Å². The van der Waals surface area contributed by atoms with Crippen LogP contribution in [0.3, 0.4) is 0 Å². The Hall–Kier alpha value is -1.64. The van der Waals surface area contributed by atoms with E-state index < -0.39 is 0 Å². The molecule has 0 saturated carbocycles. The predicted octanol–water partition coefficient (Wildman–Crippen LogP) is 2.17. The Labute approximate surface area is 179 Å². The van der Waals surface area contributed by atoms with Crippen LogP contribution in [0.25, 0.3) is 0 Å². The monoisotopic (exact) mass is 423 g/mol. The second kappa shape index (κ2) is 13.6. The molecule has 7 nitrogen and oxygen atoms in total. The van der Waals surface area contributed by atoms with Gasteiger partial charge in [-0.3, -0.25) is 14.7 Å². The van der Waals surface area contributed by atoms with Crippen molar-refractivity contribution in [1.82, 2.24) is 20.9 Å². The minimum absolute atomic E-state index is 0.000957. The molecule has 2 rings (SSSR count). The van der Waals surface area contributed by atoms with Crippen LogP contribution in [0.1, 0.15) is 42.8 Å². The lowest BCUT2D eigenvalue weighted by Gasteiger charge is -2.39. The summed E-state index contributed by atoms with van der Waals surface area (Å²) in [6, 6.07) is 4.22. The number of thiophene rings is 1. The fourth-order valence-corrected chi connectivity index (χ4v) is 4.39. The molecule has 0 aliphatic carbocycles. The number of carbonyl (C=O) groups is 1. The van der Waals surface area contributed by atoms with Crippen LogP contribution in [0.15, 0.2) is 22.5 Å². The average molecular weight is 424 g/mol. The maximum Gasteiger partial charge on any atom is 0.261 e. The molecule has 29 heavy (non-hydrogen) atoms. The molecule has 1 amide bonds. The van der Waals surface area contributed by atoms with E-state index in [0.29, 0.717) is 18.5 Å². The normalized spacial score (nSPS) is 16.6. The van der Waals surface area contributed by atoms with Crippen molar-refractivity contribution in [3.05, 3.63) is 22.4 Å². The number of carbonyl (C=O) groups excluding carboxylic acids is 1. The van der Waals surface area contributed by atoms with Crippen molar-refractivity contribution in [2.75, 3.05) is 53.0 Å². The molecule has 0 spiro atoms. The number of ether oxygens (including phenoxy) is 1. The maximum absolute atomic E-state index is 11.9. The first-order chi connectivity index (χ1) is 14.2. The molecule has 2 heterocycles. The Morgan fingerprint density at radius 1 is 1.21 bits per heavy atom. The van der Waals surface area contributed by atoms with Crippen molar-refractivity contribution in [1.29, 1.82) is 0 Å². The largest absolute Gasteiger partial charge is 0.379 e.